The highest BCUT2D eigenvalue weighted by atomic mass is 32.2. The molecule has 0 aromatic heterocycles. The Morgan fingerprint density at radius 3 is 2.48 bits per heavy atom. The van der Waals surface area contributed by atoms with Crippen molar-refractivity contribution in [1.82, 2.24) is 10.2 Å². The second-order valence-electron chi connectivity index (χ2n) is 4.77. The molecule has 0 aliphatic carbocycles. The van der Waals surface area contributed by atoms with Crippen molar-refractivity contribution in [3.63, 3.8) is 0 Å². The Hall–Kier alpha value is -2.06. The van der Waals surface area contributed by atoms with E-state index >= 15 is 0 Å². The van der Waals surface area contributed by atoms with Crippen molar-refractivity contribution < 1.29 is 19.1 Å². The highest BCUT2D eigenvalue weighted by Crippen LogP contribution is 2.24. The molecule has 126 valence electrons. The van der Waals surface area contributed by atoms with Gasteiger partial charge in [-0.1, -0.05) is 12.1 Å². The Morgan fingerprint density at radius 2 is 1.83 bits per heavy atom. The first kappa shape index (κ1) is 19.0. The van der Waals surface area contributed by atoms with Gasteiger partial charge in [0.05, 0.1) is 25.9 Å². The van der Waals surface area contributed by atoms with Gasteiger partial charge in [0.25, 0.3) is 0 Å². The van der Waals surface area contributed by atoms with Crippen LogP contribution in [0.4, 0.5) is 5.69 Å². The summed E-state index contributed by atoms with van der Waals surface area (Å²) < 4.78 is 4.42. The number of carbonyl (C=O) groups excluding carboxylic acids is 3. The van der Waals surface area contributed by atoms with Crippen molar-refractivity contribution in [1.29, 1.82) is 0 Å². The highest BCUT2D eigenvalue weighted by Gasteiger charge is 2.12. The Balaban J connectivity index is 2.41. The number of nitrogens with zero attached hydrogens (tertiary/aromatic N) is 1. The van der Waals surface area contributed by atoms with Crippen molar-refractivity contribution in [3.05, 3.63) is 24.3 Å². The summed E-state index contributed by atoms with van der Waals surface area (Å²) in [6.45, 7) is -0.112. The number of carbonyl (C=O) groups is 3. The quantitative estimate of drug-likeness (QED) is 0.532. The van der Waals surface area contributed by atoms with Gasteiger partial charge in [0.1, 0.15) is 6.54 Å². The second-order valence-corrected chi connectivity index (χ2v) is 5.62. The predicted molar refractivity (Wildman–Crippen MR) is 89.4 cm³/mol. The summed E-state index contributed by atoms with van der Waals surface area (Å²) in [6, 6.07) is 7.50. The topological polar surface area (TPSA) is 87.7 Å². The van der Waals surface area contributed by atoms with E-state index in [4.69, 9.17) is 0 Å². The van der Waals surface area contributed by atoms with Crippen molar-refractivity contribution >= 4 is 35.2 Å². The molecule has 0 radical (unpaired) electrons. The second kappa shape index (κ2) is 9.86. The lowest BCUT2D eigenvalue weighted by atomic mass is 10.3. The van der Waals surface area contributed by atoms with Crippen LogP contribution in [0, 0.1) is 0 Å². The number of ether oxygens (including phenoxy) is 1. The maximum absolute atomic E-state index is 12.0. The lowest BCUT2D eigenvalue weighted by Crippen LogP contribution is -2.40. The van der Waals surface area contributed by atoms with E-state index in [0.717, 1.165) is 10.6 Å². The molecule has 0 bridgehead atoms. The first-order valence-electron chi connectivity index (χ1n) is 6.91. The number of esters is 1. The fourth-order valence-electron chi connectivity index (χ4n) is 1.78. The fraction of sp³-hybridized carbons (Fsp3) is 0.400. The van der Waals surface area contributed by atoms with Crippen molar-refractivity contribution in [3.8, 4) is 0 Å². The number of benzene rings is 1. The third-order valence-electron chi connectivity index (χ3n) is 2.87. The van der Waals surface area contributed by atoms with Crippen LogP contribution in [0.1, 0.15) is 0 Å². The largest absolute Gasteiger partial charge is 0.468 e. The van der Waals surface area contributed by atoms with Crippen molar-refractivity contribution in [2.75, 3.05) is 45.4 Å². The van der Waals surface area contributed by atoms with E-state index in [0.29, 0.717) is 0 Å². The van der Waals surface area contributed by atoms with Gasteiger partial charge < -0.3 is 15.4 Å². The summed E-state index contributed by atoms with van der Waals surface area (Å²) in [6.07, 6.45) is 1.93. The van der Waals surface area contributed by atoms with Gasteiger partial charge in [0.15, 0.2) is 0 Å². The summed E-state index contributed by atoms with van der Waals surface area (Å²) in [5.74, 6) is -1.09. The fourth-order valence-corrected chi connectivity index (χ4v) is 2.34. The molecule has 23 heavy (non-hydrogen) atoms. The molecule has 8 heteroatoms. The van der Waals surface area contributed by atoms with E-state index in [2.05, 4.69) is 15.4 Å². The van der Waals surface area contributed by atoms with Gasteiger partial charge in [0.2, 0.25) is 11.8 Å². The van der Waals surface area contributed by atoms with Gasteiger partial charge in [-0.25, -0.2) is 0 Å². The van der Waals surface area contributed by atoms with E-state index in [1.807, 2.05) is 30.5 Å². The van der Waals surface area contributed by atoms with Crippen LogP contribution < -0.4 is 10.6 Å². The SMILES string of the molecule is COC(=O)CNC(=O)CN(C)CC(=O)Nc1ccccc1SC. The summed E-state index contributed by atoms with van der Waals surface area (Å²) in [5, 5.41) is 5.23. The minimum atomic E-state index is -0.521. The van der Waals surface area contributed by atoms with E-state index in [-0.39, 0.29) is 31.4 Å². The zero-order chi connectivity index (χ0) is 17.2. The van der Waals surface area contributed by atoms with E-state index in [9.17, 15) is 14.4 Å². The molecule has 0 atom stereocenters. The molecule has 0 saturated heterocycles. The molecule has 2 amide bonds. The van der Waals surface area contributed by atoms with Crippen molar-refractivity contribution in [2.24, 2.45) is 0 Å². The number of anilines is 1. The van der Waals surface area contributed by atoms with Gasteiger partial charge in [-0.05, 0) is 25.4 Å². The van der Waals surface area contributed by atoms with Crippen LogP contribution in [0.3, 0.4) is 0 Å². The number of hydrogen-bond donors (Lipinski definition) is 2. The number of hydrogen-bond acceptors (Lipinski definition) is 6. The van der Waals surface area contributed by atoms with E-state index < -0.39 is 5.97 Å². The summed E-state index contributed by atoms with van der Waals surface area (Å²) in [5.41, 5.74) is 0.744. The summed E-state index contributed by atoms with van der Waals surface area (Å²) in [4.78, 5) is 37.1. The molecule has 0 heterocycles. The monoisotopic (exact) mass is 339 g/mol. The summed E-state index contributed by atoms with van der Waals surface area (Å²) in [7, 11) is 2.90. The zero-order valence-corrected chi connectivity index (χ0v) is 14.2. The predicted octanol–water partition coefficient (Wildman–Crippen LogP) is 0.568. The van der Waals surface area contributed by atoms with Crippen LogP contribution >= 0.6 is 11.8 Å². The number of methoxy groups -OCH3 is 1. The maximum Gasteiger partial charge on any atom is 0.325 e. The summed E-state index contributed by atoms with van der Waals surface area (Å²) >= 11 is 1.54. The Labute approximate surface area is 139 Å². The van der Waals surface area contributed by atoms with Crippen LogP contribution in [0.25, 0.3) is 0 Å². The average molecular weight is 339 g/mol. The first-order valence-corrected chi connectivity index (χ1v) is 8.13. The molecule has 0 unspecified atom stereocenters. The van der Waals surface area contributed by atoms with E-state index in [1.165, 1.54) is 7.11 Å². The molecule has 2 N–H and O–H groups in total. The number of para-hydroxylation sites is 1. The molecule has 0 spiro atoms. The molecule has 1 aromatic carbocycles. The van der Waals surface area contributed by atoms with Crippen LogP contribution in [0.15, 0.2) is 29.2 Å². The Bertz CT molecular complexity index is 565. The number of thioether (sulfide) groups is 1. The number of amides is 2. The third kappa shape index (κ3) is 7.16. The van der Waals surface area contributed by atoms with Gasteiger partial charge >= 0.3 is 5.97 Å². The Morgan fingerprint density at radius 1 is 1.17 bits per heavy atom. The third-order valence-corrected chi connectivity index (χ3v) is 3.66. The van der Waals surface area contributed by atoms with Crippen LogP contribution in [-0.2, 0) is 19.1 Å². The molecular formula is C15H21N3O4S. The van der Waals surface area contributed by atoms with Crippen LogP contribution in [0.2, 0.25) is 0 Å². The molecule has 1 rings (SSSR count). The standard InChI is InChI=1S/C15H21N3O4S/c1-18(9-13(19)16-8-15(21)22-2)10-14(20)17-11-6-4-5-7-12(11)23-3/h4-7H,8-10H2,1-3H3,(H,16,19)(H,17,20). The number of likely N-dealkylation sites (N-methyl/N-ethyl adjacent to an activating group) is 1. The maximum atomic E-state index is 12.0. The molecule has 7 nitrogen and oxygen atoms in total. The molecule has 1 aromatic rings. The molecule has 0 fully saturated rings. The van der Waals surface area contributed by atoms with Crippen molar-refractivity contribution in [2.45, 2.75) is 4.90 Å². The molecule has 0 aliphatic heterocycles. The van der Waals surface area contributed by atoms with Gasteiger partial charge in [-0.3, -0.25) is 19.3 Å². The molecule has 0 aliphatic rings. The van der Waals surface area contributed by atoms with Crippen LogP contribution in [0.5, 0.6) is 0 Å². The minimum absolute atomic E-state index is 0.00852. The normalized spacial score (nSPS) is 10.3. The molecular weight excluding hydrogens is 318 g/mol. The van der Waals surface area contributed by atoms with Gasteiger partial charge in [0, 0.05) is 4.90 Å². The highest BCUT2D eigenvalue weighted by molar-refractivity contribution is 7.98. The van der Waals surface area contributed by atoms with E-state index in [1.54, 1.807) is 23.7 Å². The average Bonchev–Trinajstić information content (AvgIpc) is 2.52. The lowest BCUT2D eigenvalue weighted by Gasteiger charge is -2.16. The van der Waals surface area contributed by atoms with Gasteiger partial charge in [-0.15, -0.1) is 11.8 Å². The Kier molecular flexibility index (Phi) is 8.14. The number of nitrogens with one attached hydrogen (secondary N) is 2. The minimum Gasteiger partial charge on any atom is -0.468 e. The lowest BCUT2D eigenvalue weighted by molar-refractivity contribution is -0.141. The smallest absolute Gasteiger partial charge is 0.325 e. The zero-order valence-electron chi connectivity index (χ0n) is 13.4. The van der Waals surface area contributed by atoms with Crippen LogP contribution in [-0.4, -0.2) is 62.7 Å². The first-order chi connectivity index (χ1) is 11.0. The molecule has 0 saturated carbocycles. The van der Waals surface area contributed by atoms with Gasteiger partial charge in [-0.2, -0.15) is 0 Å². The number of rotatable bonds is 8.